The number of benzene rings is 2. The highest BCUT2D eigenvalue weighted by atomic mass is 16.5. The molecule has 0 radical (unpaired) electrons. The molecule has 0 spiro atoms. The third-order valence-corrected chi connectivity index (χ3v) is 3.34. The minimum Gasteiger partial charge on any atom is -0.492 e. The van der Waals surface area contributed by atoms with E-state index in [2.05, 4.69) is 49.5 Å². The van der Waals surface area contributed by atoms with Crippen LogP contribution in [0.3, 0.4) is 0 Å². The van der Waals surface area contributed by atoms with Crippen molar-refractivity contribution < 1.29 is 4.74 Å². The molecule has 0 aromatic heterocycles. The third-order valence-electron chi connectivity index (χ3n) is 3.34. The predicted molar refractivity (Wildman–Crippen MR) is 89.9 cm³/mol. The average Bonchev–Trinajstić information content (AvgIpc) is 2.48. The first kappa shape index (κ1) is 15.4. The topological polar surface area (TPSA) is 21.3 Å². The van der Waals surface area contributed by atoms with Crippen LogP contribution in [0.1, 0.15) is 31.9 Å². The number of hydrogen-bond donors (Lipinski definition) is 1. The van der Waals surface area contributed by atoms with Crippen molar-refractivity contribution in [1.29, 1.82) is 0 Å². The van der Waals surface area contributed by atoms with Crippen LogP contribution in [0.15, 0.2) is 48.5 Å². The Labute approximate surface area is 128 Å². The first-order valence-electron chi connectivity index (χ1n) is 7.72. The van der Waals surface area contributed by atoms with Crippen LogP contribution in [0.5, 0.6) is 5.75 Å². The molecule has 0 saturated carbocycles. The lowest BCUT2D eigenvalue weighted by Crippen LogP contribution is -2.03. The summed E-state index contributed by atoms with van der Waals surface area (Å²) in [5.41, 5.74) is 3.74. The zero-order valence-electron chi connectivity index (χ0n) is 13.2. The second kappa shape index (κ2) is 7.72. The van der Waals surface area contributed by atoms with Gasteiger partial charge in [0.15, 0.2) is 0 Å². The fraction of sp³-hybridized carbons (Fsp3) is 0.368. The molecule has 0 aliphatic heterocycles. The second-order valence-corrected chi connectivity index (χ2v) is 5.70. The molecular formula is C19H25NO. The third kappa shape index (κ3) is 4.82. The molecule has 0 unspecified atom stereocenters. The second-order valence-electron chi connectivity index (χ2n) is 5.70. The highest BCUT2D eigenvalue weighted by Gasteiger charge is 2.02. The molecule has 112 valence electrons. The number of anilines is 1. The van der Waals surface area contributed by atoms with Gasteiger partial charge < -0.3 is 10.1 Å². The summed E-state index contributed by atoms with van der Waals surface area (Å²) in [5, 5.41) is 3.45. The van der Waals surface area contributed by atoms with Crippen LogP contribution in [0, 0.1) is 5.92 Å². The minimum absolute atomic E-state index is 0.683. The van der Waals surface area contributed by atoms with Gasteiger partial charge in [0.05, 0.1) is 12.3 Å². The summed E-state index contributed by atoms with van der Waals surface area (Å²) in [6.07, 6.45) is 1.14. The highest BCUT2D eigenvalue weighted by molar-refractivity contribution is 5.56. The standard InChI is InChI=1S/C19H25NO/c1-4-21-19-8-6-5-7-18(19)20-14-17-11-9-16(10-12-17)13-15(2)3/h5-12,15,20H,4,13-14H2,1-3H3. The van der Waals surface area contributed by atoms with Crippen LogP contribution in [0.2, 0.25) is 0 Å². The lowest BCUT2D eigenvalue weighted by molar-refractivity contribution is 0.341. The van der Waals surface area contributed by atoms with Gasteiger partial charge >= 0.3 is 0 Å². The Hall–Kier alpha value is -1.96. The molecule has 0 aliphatic rings. The van der Waals surface area contributed by atoms with Gasteiger partial charge in [-0.2, -0.15) is 0 Å². The van der Waals surface area contributed by atoms with Gasteiger partial charge in [0.2, 0.25) is 0 Å². The van der Waals surface area contributed by atoms with Crippen molar-refractivity contribution in [2.45, 2.75) is 33.7 Å². The molecule has 0 fully saturated rings. The van der Waals surface area contributed by atoms with Crippen LogP contribution < -0.4 is 10.1 Å². The van der Waals surface area contributed by atoms with Crippen molar-refractivity contribution in [3.63, 3.8) is 0 Å². The predicted octanol–water partition coefficient (Wildman–Crippen LogP) is 4.90. The van der Waals surface area contributed by atoms with Gasteiger partial charge in [-0.05, 0) is 42.5 Å². The number of rotatable bonds is 7. The monoisotopic (exact) mass is 283 g/mol. The molecule has 0 aliphatic carbocycles. The number of hydrogen-bond acceptors (Lipinski definition) is 2. The van der Waals surface area contributed by atoms with Crippen molar-refractivity contribution >= 4 is 5.69 Å². The zero-order valence-corrected chi connectivity index (χ0v) is 13.2. The van der Waals surface area contributed by atoms with Gasteiger partial charge in [-0.1, -0.05) is 50.2 Å². The fourth-order valence-electron chi connectivity index (χ4n) is 2.36. The molecule has 1 N–H and O–H groups in total. The summed E-state index contributed by atoms with van der Waals surface area (Å²) >= 11 is 0. The normalized spacial score (nSPS) is 10.7. The maximum absolute atomic E-state index is 5.63. The van der Waals surface area contributed by atoms with Crippen LogP contribution in [0.4, 0.5) is 5.69 Å². The average molecular weight is 283 g/mol. The van der Waals surface area contributed by atoms with E-state index in [4.69, 9.17) is 4.74 Å². The van der Waals surface area contributed by atoms with Gasteiger partial charge in [0.25, 0.3) is 0 Å². The van der Waals surface area contributed by atoms with Crippen molar-refractivity contribution in [2.75, 3.05) is 11.9 Å². The Balaban J connectivity index is 1.96. The molecule has 2 aromatic rings. The van der Waals surface area contributed by atoms with Crippen molar-refractivity contribution in [3.8, 4) is 5.75 Å². The van der Waals surface area contributed by atoms with Crippen molar-refractivity contribution in [2.24, 2.45) is 5.92 Å². The van der Waals surface area contributed by atoms with Gasteiger partial charge in [0.1, 0.15) is 5.75 Å². The van der Waals surface area contributed by atoms with E-state index in [0.717, 1.165) is 24.4 Å². The molecule has 0 bridgehead atoms. The first-order valence-corrected chi connectivity index (χ1v) is 7.72. The number of ether oxygens (including phenoxy) is 1. The lowest BCUT2D eigenvalue weighted by Gasteiger charge is -2.12. The number of para-hydroxylation sites is 2. The van der Waals surface area contributed by atoms with E-state index in [1.807, 2.05) is 25.1 Å². The maximum Gasteiger partial charge on any atom is 0.142 e. The molecule has 21 heavy (non-hydrogen) atoms. The Morgan fingerprint density at radius 3 is 2.29 bits per heavy atom. The number of nitrogens with one attached hydrogen (secondary N) is 1. The van der Waals surface area contributed by atoms with E-state index in [-0.39, 0.29) is 0 Å². The van der Waals surface area contributed by atoms with E-state index in [1.54, 1.807) is 0 Å². The Kier molecular flexibility index (Phi) is 5.68. The zero-order chi connectivity index (χ0) is 15.1. The Morgan fingerprint density at radius 2 is 1.62 bits per heavy atom. The van der Waals surface area contributed by atoms with E-state index in [9.17, 15) is 0 Å². The fourth-order valence-corrected chi connectivity index (χ4v) is 2.36. The first-order chi connectivity index (χ1) is 10.2. The van der Waals surface area contributed by atoms with Crippen LogP contribution in [-0.4, -0.2) is 6.61 Å². The molecule has 0 atom stereocenters. The Morgan fingerprint density at radius 1 is 0.952 bits per heavy atom. The highest BCUT2D eigenvalue weighted by Crippen LogP contribution is 2.24. The van der Waals surface area contributed by atoms with Crippen LogP contribution >= 0.6 is 0 Å². The molecule has 2 aromatic carbocycles. The van der Waals surface area contributed by atoms with Crippen molar-refractivity contribution in [3.05, 3.63) is 59.7 Å². The van der Waals surface area contributed by atoms with E-state index < -0.39 is 0 Å². The van der Waals surface area contributed by atoms with Gasteiger partial charge in [-0.15, -0.1) is 0 Å². The maximum atomic E-state index is 5.63. The van der Waals surface area contributed by atoms with Crippen molar-refractivity contribution in [1.82, 2.24) is 0 Å². The van der Waals surface area contributed by atoms with Crippen LogP contribution in [-0.2, 0) is 13.0 Å². The Bertz CT molecular complexity index is 546. The molecule has 2 nitrogen and oxygen atoms in total. The largest absolute Gasteiger partial charge is 0.492 e. The molecular weight excluding hydrogens is 258 g/mol. The van der Waals surface area contributed by atoms with E-state index in [0.29, 0.717) is 12.5 Å². The summed E-state index contributed by atoms with van der Waals surface area (Å²) in [6, 6.07) is 16.9. The molecule has 0 amide bonds. The molecule has 2 heteroatoms. The smallest absolute Gasteiger partial charge is 0.142 e. The van der Waals surface area contributed by atoms with E-state index in [1.165, 1.54) is 11.1 Å². The minimum atomic E-state index is 0.683. The van der Waals surface area contributed by atoms with Crippen LogP contribution in [0.25, 0.3) is 0 Å². The van der Waals surface area contributed by atoms with Gasteiger partial charge in [-0.3, -0.25) is 0 Å². The summed E-state index contributed by atoms with van der Waals surface area (Å²) in [5.74, 6) is 1.61. The van der Waals surface area contributed by atoms with Gasteiger partial charge in [0, 0.05) is 6.54 Å². The summed E-state index contributed by atoms with van der Waals surface area (Å²) in [4.78, 5) is 0. The summed E-state index contributed by atoms with van der Waals surface area (Å²) in [7, 11) is 0. The quantitative estimate of drug-likeness (QED) is 0.780. The SMILES string of the molecule is CCOc1ccccc1NCc1ccc(CC(C)C)cc1. The van der Waals surface area contributed by atoms with E-state index >= 15 is 0 Å². The molecule has 0 saturated heterocycles. The summed E-state index contributed by atoms with van der Waals surface area (Å²) in [6.45, 7) is 8.00. The molecule has 0 heterocycles. The summed E-state index contributed by atoms with van der Waals surface area (Å²) < 4.78 is 5.63. The van der Waals surface area contributed by atoms with Gasteiger partial charge in [-0.25, -0.2) is 0 Å². The molecule has 2 rings (SSSR count). The lowest BCUT2D eigenvalue weighted by atomic mass is 10.0.